The molecular formula is C19H29ClN4O3. The SMILES string of the molecule is CC(C)[C@H](N)C(=O)NCC(=O)NCC(c1cccc(Cl)c1)N1CCOCC1. The van der Waals surface area contributed by atoms with Crippen LogP contribution in [0.4, 0.5) is 0 Å². The molecule has 4 N–H and O–H groups in total. The van der Waals surface area contributed by atoms with Crippen LogP contribution in [0.25, 0.3) is 0 Å². The topological polar surface area (TPSA) is 96.7 Å². The lowest BCUT2D eigenvalue weighted by atomic mass is 10.0. The largest absolute Gasteiger partial charge is 0.379 e. The highest BCUT2D eigenvalue weighted by molar-refractivity contribution is 6.30. The molecule has 0 aromatic heterocycles. The number of benzene rings is 1. The van der Waals surface area contributed by atoms with Gasteiger partial charge in [-0.2, -0.15) is 0 Å². The van der Waals surface area contributed by atoms with Gasteiger partial charge in [-0.3, -0.25) is 14.5 Å². The van der Waals surface area contributed by atoms with Crippen molar-refractivity contribution in [3.63, 3.8) is 0 Å². The maximum absolute atomic E-state index is 12.2. The molecule has 2 atom stereocenters. The van der Waals surface area contributed by atoms with Crippen LogP contribution >= 0.6 is 11.6 Å². The van der Waals surface area contributed by atoms with Crippen molar-refractivity contribution in [2.75, 3.05) is 39.4 Å². The first-order valence-corrected chi connectivity index (χ1v) is 9.63. The number of morpholine rings is 1. The van der Waals surface area contributed by atoms with E-state index in [1.165, 1.54) is 0 Å². The molecular weight excluding hydrogens is 368 g/mol. The number of carbonyl (C=O) groups is 2. The van der Waals surface area contributed by atoms with Crippen LogP contribution in [-0.2, 0) is 14.3 Å². The van der Waals surface area contributed by atoms with Crippen LogP contribution in [0.2, 0.25) is 5.02 Å². The third kappa shape index (κ3) is 6.77. The summed E-state index contributed by atoms with van der Waals surface area (Å²) < 4.78 is 5.43. The molecule has 150 valence electrons. The number of hydrogen-bond donors (Lipinski definition) is 3. The fourth-order valence-corrected chi connectivity index (χ4v) is 3.12. The van der Waals surface area contributed by atoms with Crippen molar-refractivity contribution in [3.05, 3.63) is 34.9 Å². The molecule has 2 amide bonds. The molecule has 7 nitrogen and oxygen atoms in total. The Morgan fingerprint density at radius 3 is 2.59 bits per heavy atom. The van der Waals surface area contributed by atoms with Gasteiger partial charge in [-0.25, -0.2) is 0 Å². The predicted octanol–water partition coefficient (Wildman–Crippen LogP) is 0.929. The molecule has 0 spiro atoms. The Balaban J connectivity index is 1.93. The van der Waals surface area contributed by atoms with Gasteiger partial charge in [-0.05, 0) is 23.6 Å². The standard InChI is InChI=1S/C19H29ClN4O3/c1-13(2)18(21)19(26)23-12-17(25)22-11-16(24-6-8-27-9-7-24)14-4-3-5-15(20)10-14/h3-5,10,13,16,18H,6-9,11-12,21H2,1-2H3,(H,22,25)(H,23,26)/t16?,18-/m0/s1. The summed E-state index contributed by atoms with van der Waals surface area (Å²) in [6.45, 7) is 6.95. The summed E-state index contributed by atoms with van der Waals surface area (Å²) in [4.78, 5) is 26.3. The molecule has 1 unspecified atom stereocenters. The summed E-state index contributed by atoms with van der Waals surface area (Å²) in [6, 6.07) is 7.02. The molecule has 27 heavy (non-hydrogen) atoms. The predicted molar refractivity (Wildman–Crippen MR) is 105 cm³/mol. The smallest absolute Gasteiger partial charge is 0.239 e. The van der Waals surface area contributed by atoms with Crippen molar-refractivity contribution in [1.29, 1.82) is 0 Å². The Kier molecular flexibility index (Phi) is 8.50. The Labute approximate surface area is 165 Å². The monoisotopic (exact) mass is 396 g/mol. The number of rotatable bonds is 8. The van der Waals surface area contributed by atoms with E-state index in [-0.39, 0.29) is 30.3 Å². The van der Waals surface area contributed by atoms with Crippen LogP contribution in [0.3, 0.4) is 0 Å². The second-order valence-electron chi connectivity index (χ2n) is 7.01. The molecule has 1 aliphatic rings. The third-order valence-electron chi connectivity index (χ3n) is 4.66. The van der Waals surface area contributed by atoms with E-state index in [9.17, 15) is 9.59 Å². The molecule has 1 fully saturated rings. The van der Waals surface area contributed by atoms with Crippen molar-refractivity contribution < 1.29 is 14.3 Å². The van der Waals surface area contributed by atoms with Crippen LogP contribution in [-0.4, -0.2) is 62.1 Å². The second-order valence-corrected chi connectivity index (χ2v) is 7.45. The Morgan fingerprint density at radius 2 is 1.96 bits per heavy atom. The molecule has 1 aliphatic heterocycles. The fourth-order valence-electron chi connectivity index (χ4n) is 2.92. The Hall–Kier alpha value is -1.67. The lowest BCUT2D eigenvalue weighted by Gasteiger charge is -2.35. The number of ether oxygens (including phenoxy) is 1. The van der Waals surface area contributed by atoms with E-state index in [0.29, 0.717) is 24.8 Å². The Morgan fingerprint density at radius 1 is 1.26 bits per heavy atom. The maximum atomic E-state index is 12.2. The minimum absolute atomic E-state index is 0.00910. The summed E-state index contributed by atoms with van der Waals surface area (Å²) in [6.07, 6.45) is 0. The van der Waals surface area contributed by atoms with Crippen molar-refractivity contribution in [2.45, 2.75) is 25.9 Å². The molecule has 2 rings (SSSR count). The lowest BCUT2D eigenvalue weighted by molar-refractivity contribution is -0.127. The molecule has 0 aliphatic carbocycles. The van der Waals surface area contributed by atoms with Gasteiger partial charge in [0.1, 0.15) is 0 Å². The number of hydrogen-bond acceptors (Lipinski definition) is 5. The summed E-state index contributed by atoms with van der Waals surface area (Å²) in [5, 5.41) is 6.15. The van der Waals surface area contributed by atoms with Crippen LogP contribution in [0.1, 0.15) is 25.5 Å². The summed E-state index contributed by atoms with van der Waals surface area (Å²) in [7, 11) is 0. The quantitative estimate of drug-likeness (QED) is 0.607. The van der Waals surface area contributed by atoms with Crippen LogP contribution in [0.5, 0.6) is 0 Å². The van der Waals surface area contributed by atoms with Gasteiger partial charge in [0, 0.05) is 24.7 Å². The van der Waals surface area contributed by atoms with Gasteiger partial charge in [0.25, 0.3) is 0 Å². The van der Waals surface area contributed by atoms with Crippen molar-refractivity contribution in [1.82, 2.24) is 15.5 Å². The van der Waals surface area contributed by atoms with Gasteiger partial charge < -0.3 is 21.1 Å². The molecule has 0 saturated carbocycles. The van der Waals surface area contributed by atoms with Gasteiger partial charge >= 0.3 is 0 Å². The molecule has 0 radical (unpaired) electrons. The normalized spacial score (nSPS) is 17.4. The molecule has 1 aromatic rings. The Bertz CT molecular complexity index is 635. The zero-order valence-electron chi connectivity index (χ0n) is 15.9. The van der Waals surface area contributed by atoms with E-state index in [2.05, 4.69) is 15.5 Å². The minimum Gasteiger partial charge on any atom is -0.379 e. The minimum atomic E-state index is -0.620. The van der Waals surface area contributed by atoms with E-state index >= 15 is 0 Å². The van der Waals surface area contributed by atoms with Crippen molar-refractivity contribution in [3.8, 4) is 0 Å². The number of halogens is 1. The van der Waals surface area contributed by atoms with Crippen molar-refractivity contribution in [2.24, 2.45) is 11.7 Å². The summed E-state index contributed by atoms with van der Waals surface area (Å²) >= 11 is 6.14. The zero-order chi connectivity index (χ0) is 19.8. The van der Waals surface area contributed by atoms with E-state index in [0.717, 1.165) is 18.7 Å². The van der Waals surface area contributed by atoms with Gasteiger partial charge in [0.15, 0.2) is 0 Å². The van der Waals surface area contributed by atoms with Crippen LogP contribution in [0.15, 0.2) is 24.3 Å². The highest BCUT2D eigenvalue weighted by Crippen LogP contribution is 2.23. The first kappa shape index (κ1) is 21.6. The van der Waals surface area contributed by atoms with Crippen LogP contribution < -0.4 is 16.4 Å². The fraction of sp³-hybridized carbons (Fsp3) is 0.579. The molecule has 1 heterocycles. The number of carbonyl (C=O) groups excluding carboxylic acids is 2. The summed E-state index contributed by atoms with van der Waals surface area (Å²) in [5.41, 5.74) is 6.82. The number of nitrogens with two attached hydrogens (primary N) is 1. The van der Waals surface area contributed by atoms with E-state index in [1.807, 2.05) is 38.1 Å². The number of nitrogens with one attached hydrogen (secondary N) is 2. The zero-order valence-corrected chi connectivity index (χ0v) is 16.7. The molecule has 0 bridgehead atoms. The molecule has 8 heteroatoms. The van der Waals surface area contributed by atoms with Crippen molar-refractivity contribution >= 4 is 23.4 Å². The average Bonchev–Trinajstić information content (AvgIpc) is 2.66. The first-order valence-electron chi connectivity index (χ1n) is 9.25. The highest BCUT2D eigenvalue weighted by Gasteiger charge is 2.24. The van der Waals surface area contributed by atoms with Gasteiger partial charge in [0.05, 0.1) is 31.8 Å². The highest BCUT2D eigenvalue weighted by atomic mass is 35.5. The first-order chi connectivity index (χ1) is 12.9. The molecule has 1 aromatic carbocycles. The number of amides is 2. The van der Waals surface area contributed by atoms with Crippen LogP contribution in [0, 0.1) is 5.92 Å². The van der Waals surface area contributed by atoms with E-state index in [4.69, 9.17) is 22.1 Å². The summed E-state index contributed by atoms with van der Waals surface area (Å²) in [5.74, 6) is -0.555. The third-order valence-corrected chi connectivity index (χ3v) is 4.89. The van der Waals surface area contributed by atoms with Gasteiger partial charge in [-0.15, -0.1) is 0 Å². The van der Waals surface area contributed by atoms with Gasteiger partial charge in [-0.1, -0.05) is 37.6 Å². The molecule has 1 saturated heterocycles. The average molecular weight is 397 g/mol. The maximum Gasteiger partial charge on any atom is 0.239 e. The van der Waals surface area contributed by atoms with E-state index < -0.39 is 6.04 Å². The lowest BCUT2D eigenvalue weighted by Crippen LogP contribution is -2.48. The second kappa shape index (κ2) is 10.6. The number of nitrogens with zero attached hydrogens (tertiary/aromatic N) is 1. The van der Waals surface area contributed by atoms with Gasteiger partial charge in [0.2, 0.25) is 11.8 Å². The van der Waals surface area contributed by atoms with E-state index in [1.54, 1.807) is 0 Å².